The van der Waals surface area contributed by atoms with Gasteiger partial charge in [0.25, 0.3) is 5.56 Å². The quantitative estimate of drug-likeness (QED) is 0.616. The van der Waals surface area contributed by atoms with Crippen LogP contribution in [0, 0.1) is 0 Å². The molecule has 132 valence electrons. The zero-order valence-corrected chi connectivity index (χ0v) is 15.2. The Kier molecular flexibility index (Phi) is 3.80. The maximum atomic E-state index is 12.6. The van der Waals surface area contributed by atoms with Crippen LogP contribution in [-0.2, 0) is 13.6 Å². The summed E-state index contributed by atoms with van der Waals surface area (Å²) in [4.78, 5) is 12.6. The summed E-state index contributed by atoms with van der Waals surface area (Å²) >= 11 is 0. The molecule has 2 N–H and O–H groups in total. The van der Waals surface area contributed by atoms with Gasteiger partial charge in [-0.05, 0) is 22.3 Å². The fourth-order valence-corrected chi connectivity index (χ4v) is 3.58. The van der Waals surface area contributed by atoms with Crippen molar-refractivity contribution in [3.63, 3.8) is 0 Å². The van der Waals surface area contributed by atoms with Crippen LogP contribution in [0.3, 0.4) is 0 Å². The predicted octanol–water partition coefficient (Wildman–Crippen LogP) is 3.64. The topological polar surface area (TPSA) is 65.8 Å². The van der Waals surface area contributed by atoms with Crippen molar-refractivity contribution >= 4 is 27.4 Å². The van der Waals surface area contributed by atoms with Crippen LogP contribution in [0.2, 0.25) is 0 Å². The highest BCUT2D eigenvalue weighted by atomic mass is 16.1. The van der Waals surface area contributed by atoms with Gasteiger partial charge in [-0.15, -0.1) is 0 Å². The molecule has 5 nitrogen and oxygen atoms in total. The zero-order chi connectivity index (χ0) is 18.4. The van der Waals surface area contributed by atoms with Crippen LogP contribution >= 0.6 is 0 Å². The maximum absolute atomic E-state index is 12.6. The summed E-state index contributed by atoms with van der Waals surface area (Å²) in [6, 6.07) is 14.6. The number of anilines is 1. The van der Waals surface area contributed by atoms with Crippen molar-refractivity contribution in [3.05, 3.63) is 70.3 Å². The number of hydrogen-bond donors (Lipinski definition) is 1. The molecular weight excluding hydrogens is 324 g/mol. The summed E-state index contributed by atoms with van der Waals surface area (Å²) < 4.78 is 3.36. The number of nitrogens with zero attached hydrogens (tertiary/aromatic N) is 3. The summed E-state index contributed by atoms with van der Waals surface area (Å²) in [6.45, 7) is 4.74. The Labute approximate surface area is 151 Å². The van der Waals surface area contributed by atoms with Gasteiger partial charge in [-0.3, -0.25) is 4.79 Å². The molecule has 0 spiro atoms. The van der Waals surface area contributed by atoms with E-state index in [1.165, 1.54) is 21.0 Å². The number of benzene rings is 2. The van der Waals surface area contributed by atoms with E-state index in [4.69, 9.17) is 5.73 Å². The van der Waals surface area contributed by atoms with Crippen molar-refractivity contribution in [2.45, 2.75) is 26.3 Å². The molecule has 4 aromatic rings. The maximum Gasteiger partial charge on any atom is 0.276 e. The highest BCUT2D eigenvalue weighted by molar-refractivity contribution is 5.94. The van der Waals surface area contributed by atoms with Gasteiger partial charge in [0.05, 0.1) is 16.5 Å². The lowest BCUT2D eigenvalue weighted by Crippen LogP contribution is -2.21. The number of fused-ring (bicyclic) bond motifs is 2. The third-order valence-electron chi connectivity index (χ3n) is 4.93. The molecule has 2 aromatic heterocycles. The SMILES string of the molecule is CC(C)c1nn(C)c(=O)c2cn(Cc3cccc4ccccc34)c(N)c12. The van der Waals surface area contributed by atoms with E-state index in [1.54, 1.807) is 7.05 Å². The first kappa shape index (κ1) is 16.4. The normalized spacial score (nSPS) is 11.7. The van der Waals surface area contributed by atoms with Crippen LogP contribution in [0.4, 0.5) is 5.82 Å². The van der Waals surface area contributed by atoms with E-state index >= 15 is 0 Å². The molecule has 26 heavy (non-hydrogen) atoms. The summed E-state index contributed by atoms with van der Waals surface area (Å²) in [7, 11) is 1.69. The monoisotopic (exact) mass is 346 g/mol. The Morgan fingerprint density at radius 3 is 2.58 bits per heavy atom. The van der Waals surface area contributed by atoms with Gasteiger partial charge >= 0.3 is 0 Å². The van der Waals surface area contributed by atoms with Gasteiger partial charge in [0, 0.05) is 19.8 Å². The van der Waals surface area contributed by atoms with E-state index in [1.807, 2.05) is 22.9 Å². The Bertz CT molecular complexity index is 1180. The molecule has 0 amide bonds. The number of rotatable bonds is 3. The molecule has 0 saturated carbocycles. The van der Waals surface area contributed by atoms with Gasteiger partial charge in [0.2, 0.25) is 0 Å². The number of nitrogens with two attached hydrogens (primary N) is 1. The van der Waals surface area contributed by atoms with E-state index in [0.717, 1.165) is 11.1 Å². The highest BCUT2D eigenvalue weighted by Crippen LogP contribution is 2.29. The van der Waals surface area contributed by atoms with Crippen LogP contribution in [0.15, 0.2) is 53.5 Å². The lowest BCUT2D eigenvalue weighted by Gasteiger charge is -2.11. The minimum Gasteiger partial charge on any atom is -0.385 e. The molecule has 0 bridgehead atoms. The van der Waals surface area contributed by atoms with Gasteiger partial charge in [0.1, 0.15) is 5.82 Å². The smallest absolute Gasteiger partial charge is 0.276 e. The molecule has 0 aliphatic rings. The van der Waals surface area contributed by atoms with Gasteiger partial charge < -0.3 is 10.3 Å². The number of nitrogen functional groups attached to an aromatic ring is 1. The first-order valence-electron chi connectivity index (χ1n) is 8.79. The van der Waals surface area contributed by atoms with Crippen molar-refractivity contribution in [2.24, 2.45) is 7.05 Å². The van der Waals surface area contributed by atoms with E-state index in [9.17, 15) is 4.79 Å². The zero-order valence-electron chi connectivity index (χ0n) is 15.2. The van der Waals surface area contributed by atoms with Crippen LogP contribution in [0.5, 0.6) is 0 Å². The molecule has 2 aromatic carbocycles. The Balaban J connectivity index is 1.93. The average Bonchev–Trinajstić information content (AvgIpc) is 2.95. The molecule has 0 radical (unpaired) electrons. The van der Waals surface area contributed by atoms with Crippen LogP contribution in [0.1, 0.15) is 31.0 Å². The fourth-order valence-electron chi connectivity index (χ4n) is 3.58. The van der Waals surface area contributed by atoms with Crippen molar-refractivity contribution < 1.29 is 0 Å². The van der Waals surface area contributed by atoms with Gasteiger partial charge in [-0.25, -0.2) is 4.68 Å². The number of aryl methyl sites for hydroxylation is 1. The molecule has 0 saturated heterocycles. The molecule has 0 unspecified atom stereocenters. The number of aromatic nitrogens is 3. The molecule has 0 aliphatic heterocycles. The van der Waals surface area contributed by atoms with E-state index in [2.05, 4.69) is 49.3 Å². The largest absolute Gasteiger partial charge is 0.385 e. The lowest BCUT2D eigenvalue weighted by molar-refractivity contribution is 0.667. The standard InChI is InChI=1S/C21H22N4O/c1-13(2)19-18-17(21(26)24(3)23-19)12-25(20(18)22)11-15-9-6-8-14-7-4-5-10-16(14)15/h4-10,12-13H,11,22H2,1-3H3. The molecule has 2 heterocycles. The van der Waals surface area contributed by atoms with Gasteiger partial charge in [-0.1, -0.05) is 56.3 Å². The second-order valence-electron chi connectivity index (χ2n) is 7.04. The fraction of sp³-hybridized carbons (Fsp3) is 0.238. The van der Waals surface area contributed by atoms with Crippen LogP contribution in [-0.4, -0.2) is 14.3 Å². The third-order valence-corrected chi connectivity index (χ3v) is 4.93. The van der Waals surface area contributed by atoms with Gasteiger partial charge in [-0.2, -0.15) is 5.10 Å². The minimum absolute atomic E-state index is 0.118. The second kappa shape index (κ2) is 6.02. The third kappa shape index (κ3) is 2.47. The van der Waals surface area contributed by atoms with E-state index in [-0.39, 0.29) is 11.5 Å². The van der Waals surface area contributed by atoms with Crippen LogP contribution < -0.4 is 11.3 Å². The molecule has 0 atom stereocenters. The minimum atomic E-state index is -0.118. The summed E-state index contributed by atoms with van der Waals surface area (Å²) in [6.07, 6.45) is 1.86. The second-order valence-corrected chi connectivity index (χ2v) is 7.04. The average molecular weight is 346 g/mol. The van der Waals surface area contributed by atoms with E-state index < -0.39 is 0 Å². The Morgan fingerprint density at radius 2 is 1.81 bits per heavy atom. The Hall–Kier alpha value is -3.08. The van der Waals surface area contributed by atoms with Crippen molar-refractivity contribution in [1.29, 1.82) is 0 Å². The lowest BCUT2D eigenvalue weighted by atomic mass is 10.0. The van der Waals surface area contributed by atoms with Crippen LogP contribution in [0.25, 0.3) is 21.5 Å². The molecule has 0 aliphatic carbocycles. The first-order chi connectivity index (χ1) is 12.5. The molecular formula is C21H22N4O. The summed E-state index contributed by atoms with van der Waals surface area (Å²) in [5.41, 5.74) is 8.38. The summed E-state index contributed by atoms with van der Waals surface area (Å²) in [5.74, 6) is 0.779. The van der Waals surface area contributed by atoms with Crippen molar-refractivity contribution in [1.82, 2.24) is 14.3 Å². The highest BCUT2D eigenvalue weighted by Gasteiger charge is 2.18. The molecule has 5 heteroatoms. The summed E-state index contributed by atoms with van der Waals surface area (Å²) in [5, 5.41) is 8.24. The first-order valence-corrected chi connectivity index (χ1v) is 8.79. The van der Waals surface area contributed by atoms with Crippen molar-refractivity contribution in [3.8, 4) is 0 Å². The van der Waals surface area contributed by atoms with Crippen molar-refractivity contribution in [2.75, 3.05) is 5.73 Å². The Morgan fingerprint density at radius 1 is 1.08 bits per heavy atom. The predicted molar refractivity (Wildman–Crippen MR) is 107 cm³/mol. The van der Waals surface area contributed by atoms with E-state index in [0.29, 0.717) is 17.7 Å². The molecule has 4 rings (SSSR count). The molecule has 0 fully saturated rings. The van der Waals surface area contributed by atoms with Gasteiger partial charge in [0.15, 0.2) is 0 Å². The number of hydrogen-bond acceptors (Lipinski definition) is 3.